The molecular formula is C35H32O9. The van der Waals surface area contributed by atoms with Gasteiger partial charge in [0.1, 0.15) is 5.75 Å². The van der Waals surface area contributed by atoms with E-state index in [4.69, 9.17) is 14.2 Å². The van der Waals surface area contributed by atoms with Crippen LogP contribution in [0.15, 0.2) is 72.8 Å². The first-order valence-electron chi connectivity index (χ1n) is 13.6. The van der Waals surface area contributed by atoms with E-state index >= 15 is 0 Å². The predicted molar refractivity (Wildman–Crippen MR) is 162 cm³/mol. The second-order valence-electron chi connectivity index (χ2n) is 9.74. The standard InChI is InChI=1S/C35H32O9/c1-42-33-16-28(21-39)30(17-34(33)43-2)32(40)13-24-7-5-22(6-8-24)3-4-23-9-11-29(12-10-23)44-35(41)31-15-26(19-37)25(18-36)14-27(31)20-38/h5-12,14-17,36-39H,13,18-21H2,1-2H3. The highest BCUT2D eigenvalue weighted by atomic mass is 16.5. The van der Waals surface area contributed by atoms with Gasteiger partial charge in [0.25, 0.3) is 0 Å². The van der Waals surface area contributed by atoms with Crippen molar-refractivity contribution in [1.29, 1.82) is 0 Å². The van der Waals surface area contributed by atoms with Gasteiger partial charge >= 0.3 is 5.97 Å². The summed E-state index contributed by atoms with van der Waals surface area (Å²) >= 11 is 0. The molecule has 0 saturated heterocycles. The van der Waals surface area contributed by atoms with Crippen molar-refractivity contribution < 1.29 is 44.2 Å². The van der Waals surface area contributed by atoms with Gasteiger partial charge in [-0.25, -0.2) is 4.79 Å². The van der Waals surface area contributed by atoms with Gasteiger partial charge in [-0.15, -0.1) is 0 Å². The number of ketones is 1. The molecule has 0 saturated carbocycles. The lowest BCUT2D eigenvalue weighted by molar-refractivity contribution is 0.0730. The number of rotatable bonds is 11. The lowest BCUT2D eigenvalue weighted by Gasteiger charge is -2.13. The van der Waals surface area contributed by atoms with Crippen molar-refractivity contribution >= 4 is 11.8 Å². The second-order valence-corrected chi connectivity index (χ2v) is 9.74. The highest BCUT2D eigenvalue weighted by Gasteiger charge is 2.18. The normalized spacial score (nSPS) is 10.5. The molecule has 0 spiro atoms. The summed E-state index contributed by atoms with van der Waals surface area (Å²) in [6.07, 6.45) is 0.128. The van der Waals surface area contributed by atoms with Gasteiger partial charge in [-0.1, -0.05) is 24.0 Å². The molecule has 0 unspecified atom stereocenters. The van der Waals surface area contributed by atoms with Crippen molar-refractivity contribution in [1.82, 2.24) is 0 Å². The maximum Gasteiger partial charge on any atom is 0.343 e. The molecule has 9 heteroatoms. The van der Waals surface area contributed by atoms with Crippen LogP contribution in [0.2, 0.25) is 0 Å². The van der Waals surface area contributed by atoms with Crippen LogP contribution in [0, 0.1) is 11.8 Å². The number of hydrogen-bond donors (Lipinski definition) is 4. The van der Waals surface area contributed by atoms with Crippen molar-refractivity contribution in [2.45, 2.75) is 32.8 Å². The largest absolute Gasteiger partial charge is 0.493 e. The number of carbonyl (C=O) groups is 2. The van der Waals surface area contributed by atoms with E-state index in [1.165, 1.54) is 26.4 Å². The fraction of sp³-hybridized carbons (Fsp3) is 0.200. The monoisotopic (exact) mass is 596 g/mol. The summed E-state index contributed by atoms with van der Waals surface area (Å²) < 4.78 is 16.0. The number of Topliss-reactive ketones (excluding diaryl/α,β-unsaturated/α-hetero) is 1. The Balaban J connectivity index is 1.41. The fourth-order valence-corrected chi connectivity index (χ4v) is 4.57. The zero-order valence-electron chi connectivity index (χ0n) is 24.3. The molecular weight excluding hydrogens is 564 g/mol. The molecule has 9 nitrogen and oxygen atoms in total. The lowest BCUT2D eigenvalue weighted by Crippen LogP contribution is -2.13. The third-order valence-corrected chi connectivity index (χ3v) is 6.97. The summed E-state index contributed by atoms with van der Waals surface area (Å²) in [5.74, 6) is 6.36. The summed E-state index contributed by atoms with van der Waals surface area (Å²) in [4.78, 5) is 25.8. The van der Waals surface area contributed by atoms with Gasteiger partial charge in [-0.2, -0.15) is 0 Å². The molecule has 0 aliphatic carbocycles. The van der Waals surface area contributed by atoms with E-state index in [0.29, 0.717) is 39.3 Å². The number of aliphatic hydroxyl groups is 4. The van der Waals surface area contributed by atoms with Crippen LogP contribution in [-0.4, -0.2) is 46.4 Å². The van der Waals surface area contributed by atoms with Crippen LogP contribution in [0.1, 0.15) is 59.7 Å². The summed E-state index contributed by atoms with van der Waals surface area (Å²) in [6, 6.07) is 19.9. The van der Waals surface area contributed by atoms with Gasteiger partial charge < -0.3 is 34.6 Å². The average Bonchev–Trinajstić information content (AvgIpc) is 3.07. The highest BCUT2D eigenvalue weighted by molar-refractivity contribution is 5.99. The number of esters is 1. The van der Waals surface area contributed by atoms with Crippen molar-refractivity contribution in [3.63, 3.8) is 0 Å². The molecule has 0 aromatic heterocycles. The van der Waals surface area contributed by atoms with Gasteiger partial charge in [-0.05, 0) is 88.5 Å². The molecule has 4 N–H and O–H groups in total. The third-order valence-electron chi connectivity index (χ3n) is 6.97. The van der Waals surface area contributed by atoms with Gasteiger partial charge in [0, 0.05) is 23.1 Å². The van der Waals surface area contributed by atoms with E-state index in [2.05, 4.69) is 11.8 Å². The van der Waals surface area contributed by atoms with Crippen LogP contribution < -0.4 is 14.2 Å². The Morgan fingerprint density at radius 3 is 1.66 bits per heavy atom. The molecule has 0 aliphatic rings. The molecule has 44 heavy (non-hydrogen) atoms. The summed E-state index contributed by atoms with van der Waals surface area (Å²) in [7, 11) is 2.97. The minimum Gasteiger partial charge on any atom is -0.493 e. The predicted octanol–water partition coefficient (Wildman–Crippen LogP) is 3.72. The van der Waals surface area contributed by atoms with Gasteiger partial charge in [0.05, 0.1) is 46.2 Å². The Bertz CT molecular complexity index is 1570. The molecule has 4 aromatic carbocycles. The Kier molecular flexibility index (Phi) is 10.9. The first kappa shape index (κ1) is 31.9. The number of hydrogen-bond acceptors (Lipinski definition) is 9. The Labute approximate surface area is 254 Å². The van der Waals surface area contributed by atoms with Crippen molar-refractivity contribution in [2.75, 3.05) is 14.2 Å². The van der Waals surface area contributed by atoms with Gasteiger partial charge in [0.15, 0.2) is 17.3 Å². The average molecular weight is 597 g/mol. The van der Waals surface area contributed by atoms with Crippen LogP contribution in [0.5, 0.6) is 17.2 Å². The molecule has 226 valence electrons. The van der Waals surface area contributed by atoms with Crippen LogP contribution in [0.25, 0.3) is 0 Å². The maximum atomic E-state index is 13.0. The molecule has 0 fully saturated rings. The van der Waals surface area contributed by atoms with Crippen LogP contribution in [0.4, 0.5) is 0 Å². The highest BCUT2D eigenvalue weighted by Crippen LogP contribution is 2.31. The summed E-state index contributed by atoms with van der Waals surface area (Å²) in [5, 5.41) is 38.4. The molecule has 0 radical (unpaired) electrons. The fourth-order valence-electron chi connectivity index (χ4n) is 4.57. The molecule has 0 atom stereocenters. The molecule has 4 aromatic rings. The third kappa shape index (κ3) is 7.50. The minimum atomic E-state index is -0.704. The first-order chi connectivity index (χ1) is 21.3. The Morgan fingerprint density at radius 2 is 1.11 bits per heavy atom. The van der Waals surface area contributed by atoms with Crippen molar-refractivity contribution in [2.24, 2.45) is 0 Å². The molecule has 4 rings (SSSR count). The SMILES string of the molecule is COc1cc(CO)c(C(=O)Cc2ccc(C#Cc3ccc(OC(=O)c4cc(CO)c(CO)cc4CO)cc3)cc2)cc1OC. The van der Waals surface area contributed by atoms with E-state index in [9.17, 15) is 30.0 Å². The van der Waals surface area contributed by atoms with Gasteiger partial charge in [-0.3, -0.25) is 4.79 Å². The molecule has 0 aliphatic heterocycles. The summed E-state index contributed by atoms with van der Waals surface area (Å²) in [5.41, 5.74) is 4.20. The number of methoxy groups -OCH3 is 2. The van der Waals surface area contributed by atoms with Gasteiger partial charge in [0.2, 0.25) is 0 Å². The molecule has 0 amide bonds. The van der Waals surface area contributed by atoms with Crippen LogP contribution in [-0.2, 0) is 32.8 Å². The van der Waals surface area contributed by atoms with E-state index in [-0.39, 0.29) is 48.9 Å². The van der Waals surface area contributed by atoms with Crippen LogP contribution in [0.3, 0.4) is 0 Å². The quantitative estimate of drug-likeness (QED) is 0.0882. The van der Waals surface area contributed by atoms with E-state index in [1.807, 2.05) is 24.3 Å². The first-order valence-corrected chi connectivity index (χ1v) is 13.6. The Morgan fingerprint density at radius 1 is 0.614 bits per heavy atom. The number of aliphatic hydroxyl groups excluding tert-OH is 4. The van der Waals surface area contributed by atoms with Crippen molar-refractivity contribution in [3.8, 4) is 29.1 Å². The van der Waals surface area contributed by atoms with E-state index in [0.717, 1.165) is 11.1 Å². The molecule has 0 bridgehead atoms. The topological polar surface area (TPSA) is 143 Å². The zero-order chi connectivity index (χ0) is 31.6. The Hall–Kier alpha value is -4.98. The summed E-state index contributed by atoms with van der Waals surface area (Å²) in [6.45, 7) is -1.45. The lowest BCUT2D eigenvalue weighted by atomic mass is 9.97. The number of carbonyl (C=O) groups excluding carboxylic acids is 2. The zero-order valence-corrected chi connectivity index (χ0v) is 24.3. The second kappa shape index (κ2) is 15.0. The van der Waals surface area contributed by atoms with E-state index < -0.39 is 12.6 Å². The maximum absolute atomic E-state index is 13.0. The number of ether oxygens (including phenoxy) is 3. The smallest absolute Gasteiger partial charge is 0.343 e. The minimum absolute atomic E-state index is 0.0975. The van der Waals surface area contributed by atoms with E-state index in [1.54, 1.807) is 36.4 Å². The molecule has 0 heterocycles. The van der Waals surface area contributed by atoms with Crippen molar-refractivity contribution in [3.05, 3.63) is 123 Å². The number of benzene rings is 4. The van der Waals surface area contributed by atoms with Crippen LogP contribution >= 0.6 is 0 Å².